The molecule has 0 fully saturated rings. The minimum Gasteiger partial charge on any atom is -0.486 e. The van der Waals surface area contributed by atoms with Crippen LogP contribution in [0.1, 0.15) is 25.8 Å². The molecule has 0 aliphatic carbocycles. The van der Waals surface area contributed by atoms with Crippen molar-refractivity contribution in [3.63, 3.8) is 0 Å². The van der Waals surface area contributed by atoms with Gasteiger partial charge in [0.2, 0.25) is 5.91 Å². The van der Waals surface area contributed by atoms with Crippen LogP contribution in [0.25, 0.3) is 0 Å². The molecule has 1 atom stereocenters. The van der Waals surface area contributed by atoms with E-state index in [2.05, 4.69) is 10.6 Å². The zero-order valence-electron chi connectivity index (χ0n) is 21.0. The molecule has 1 unspecified atom stereocenters. The Morgan fingerprint density at radius 2 is 1.38 bits per heavy atom. The number of rotatable bonds is 13. The molecule has 3 aromatic rings. The number of carbonyl (C=O) groups is 3. The van der Waals surface area contributed by atoms with Crippen molar-refractivity contribution in [2.75, 3.05) is 13.2 Å². The van der Waals surface area contributed by atoms with Gasteiger partial charge in [0.15, 0.2) is 5.78 Å². The number of para-hydroxylation sites is 1. The van der Waals surface area contributed by atoms with Crippen molar-refractivity contribution >= 4 is 17.8 Å². The number of ether oxygens (including phenoxy) is 3. The molecule has 3 aromatic carbocycles. The molecule has 37 heavy (non-hydrogen) atoms. The lowest BCUT2D eigenvalue weighted by molar-refractivity contribution is -0.127. The Bertz CT molecular complexity index is 1130. The Kier molecular flexibility index (Phi) is 10.5. The van der Waals surface area contributed by atoms with Gasteiger partial charge in [-0.15, -0.1) is 0 Å². The van der Waals surface area contributed by atoms with E-state index >= 15 is 0 Å². The highest BCUT2D eigenvalue weighted by Gasteiger charge is 2.23. The number of hydrogen-bond acceptors (Lipinski definition) is 6. The first-order valence-electron chi connectivity index (χ1n) is 12.1. The molecule has 3 rings (SSSR count). The molecule has 0 spiro atoms. The van der Waals surface area contributed by atoms with Crippen molar-refractivity contribution in [3.05, 3.63) is 90.5 Å². The molecule has 0 saturated carbocycles. The van der Waals surface area contributed by atoms with Gasteiger partial charge in [-0.05, 0) is 54.3 Å². The van der Waals surface area contributed by atoms with Crippen LogP contribution >= 0.6 is 0 Å². The smallest absolute Gasteiger partial charge is 0.408 e. The topological polar surface area (TPSA) is 103 Å². The number of Topliss-reactive ketones (excluding diaryl/α,β-unsaturated/α-hetero) is 1. The summed E-state index contributed by atoms with van der Waals surface area (Å²) in [5, 5.41) is 5.18. The average molecular weight is 505 g/mol. The molecule has 2 amide bonds. The van der Waals surface area contributed by atoms with E-state index in [1.165, 1.54) is 0 Å². The van der Waals surface area contributed by atoms with Crippen LogP contribution < -0.4 is 20.1 Å². The van der Waals surface area contributed by atoms with Gasteiger partial charge in [0, 0.05) is 0 Å². The molecule has 8 nitrogen and oxygen atoms in total. The van der Waals surface area contributed by atoms with Crippen LogP contribution in [0.15, 0.2) is 84.9 Å². The Morgan fingerprint density at radius 1 is 0.784 bits per heavy atom. The fourth-order valence-corrected chi connectivity index (χ4v) is 3.36. The van der Waals surface area contributed by atoms with Crippen LogP contribution in [0.3, 0.4) is 0 Å². The van der Waals surface area contributed by atoms with Crippen molar-refractivity contribution in [2.24, 2.45) is 5.92 Å². The van der Waals surface area contributed by atoms with Gasteiger partial charge in [-0.25, -0.2) is 4.79 Å². The van der Waals surface area contributed by atoms with Crippen LogP contribution in [0.5, 0.6) is 17.2 Å². The molecular weight excluding hydrogens is 472 g/mol. The van der Waals surface area contributed by atoms with Gasteiger partial charge >= 0.3 is 6.09 Å². The minimum atomic E-state index is -0.825. The predicted molar refractivity (Wildman–Crippen MR) is 139 cm³/mol. The summed E-state index contributed by atoms with van der Waals surface area (Å²) in [7, 11) is 0. The summed E-state index contributed by atoms with van der Waals surface area (Å²) in [4.78, 5) is 37.2. The minimum absolute atomic E-state index is 0.0951. The predicted octanol–water partition coefficient (Wildman–Crippen LogP) is 4.88. The summed E-state index contributed by atoms with van der Waals surface area (Å²) in [6.45, 7) is 3.54. The number of alkyl carbamates (subject to hydrolysis) is 1. The Hall–Kier alpha value is -4.33. The lowest BCUT2D eigenvalue weighted by atomic mass is 10.0. The highest BCUT2D eigenvalue weighted by molar-refractivity contribution is 5.90. The number of carbonyl (C=O) groups excluding carboxylic acids is 3. The molecule has 8 heteroatoms. The fourth-order valence-electron chi connectivity index (χ4n) is 3.36. The Labute approximate surface area is 216 Å². The molecule has 194 valence electrons. The van der Waals surface area contributed by atoms with Crippen LogP contribution in [0, 0.1) is 5.92 Å². The van der Waals surface area contributed by atoms with E-state index in [1.807, 2.05) is 74.5 Å². The second-order valence-corrected chi connectivity index (χ2v) is 8.82. The highest BCUT2D eigenvalue weighted by atomic mass is 16.5. The first-order valence-corrected chi connectivity index (χ1v) is 12.1. The summed E-state index contributed by atoms with van der Waals surface area (Å²) in [6.07, 6.45) is -0.298. The second-order valence-electron chi connectivity index (χ2n) is 8.82. The summed E-state index contributed by atoms with van der Waals surface area (Å²) >= 11 is 0. The zero-order valence-corrected chi connectivity index (χ0v) is 21.0. The van der Waals surface area contributed by atoms with Crippen LogP contribution in [0.4, 0.5) is 4.79 Å². The molecular formula is C29H32N2O6. The third kappa shape index (κ3) is 10.0. The number of amides is 2. The first-order chi connectivity index (χ1) is 17.9. The van der Waals surface area contributed by atoms with E-state index in [4.69, 9.17) is 14.2 Å². The van der Waals surface area contributed by atoms with Gasteiger partial charge in [0.25, 0.3) is 0 Å². The number of ketones is 1. The van der Waals surface area contributed by atoms with E-state index in [0.29, 0.717) is 17.9 Å². The van der Waals surface area contributed by atoms with E-state index in [1.54, 1.807) is 24.3 Å². The van der Waals surface area contributed by atoms with Gasteiger partial charge in [-0.2, -0.15) is 0 Å². The number of benzene rings is 3. The van der Waals surface area contributed by atoms with Crippen LogP contribution in [0.2, 0.25) is 0 Å². The normalized spacial score (nSPS) is 11.3. The third-order valence-electron chi connectivity index (χ3n) is 5.19. The number of nitrogens with one attached hydrogen (secondary N) is 2. The van der Waals surface area contributed by atoms with Crippen LogP contribution in [-0.4, -0.2) is 37.0 Å². The maximum atomic E-state index is 12.7. The van der Waals surface area contributed by atoms with Gasteiger partial charge in [-0.3, -0.25) is 9.59 Å². The molecule has 0 heterocycles. The zero-order chi connectivity index (χ0) is 26.5. The molecule has 0 radical (unpaired) electrons. The Morgan fingerprint density at radius 3 is 2.03 bits per heavy atom. The summed E-state index contributed by atoms with van der Waals surface area (Å²) in [6, 6.07) is 24.7. The molecule has 0 aromatic heterocycles. The van der Waals surface area contributed by atoms with Crippen molar-refractivity contribution in [1.82, 2.24) is 10.6 Å². The molecule has 0 saturated heterocycles. The Balaban J connectivity index is 1.41. The first kappa shape index (κ1) is 27.3. The summed E-state index contributed by atoms with van der Waals surface area (Å²) in [5.41, 5.74) is 0.839. The monoisotopic (exact) mass is 504 g/mol. The third-order valence-corrected chi connectivity index (χ3v) is 5.19. The largest absolute Gasteiger partial charge is 0.486 e. The second kappa shape index (κ2) is 14.3. The van der Waals surface area contributed by atoms with Crippen molar-refractivity contribution in [1.29, 1.82) is 0 Å². The SMILES string of the molecule is CC(C)CC(NC(=O)OCc1ccccc1)C(=O)NCC(=O)COc1ccc(Oc2ccccc2)cc1. The number of hydrogen-bond donors (Lipinski definition) is 2. The molecule has 0 aliphatic heterocycles. The lowest BCUT2D eigenvalue weighted by Gasteiger charge is -2.20. The summed E-state index contributed by atoms with van der Waals surface area (Å²) in [5.74, 6) is 1.23. The van der Waals surface area contributed by atoms with Gasteiger partial charge in [-0.1, -0.05) is 62.4 Å². The highest BCUT2D eigenvalue weighted by Crippen LogP contribution is 2.23. The molecule has 0 aliphatic rings. The van der Waals surface area contributed by atoms with Crippen molar-refractivity contribution in [3.8, 4) is 17.2 Å². The molecule has 0 bridgehead atoms. The van der Waals surface area contributed by atoms with Crippen LogP contribution in [-0.2, 0) is 20.9 Å². The van der Waals surface area contributed by atoms with Gasteiger partial charge < -0.3 is 24.8 Å². The van der Waals surface area contributed by atoms with Gasteiger partial charge in [0.05, 0.1) is 6.54 Å². The maximum absolute atomic E-state index is 12.7. The van der Waals surface area contributed by atoms with E-state index in [0.717, 1.165) is 11.3 Å². The van der Waals surface area contributed by atoms with Crippen molar-refractivity contribution < 1.29 is 28.6 Å². The fraction of sp³-hybridized carbons (Fsp3) is 0.276. The van der Waals surface area contributed by atoms with E-state index < -0.39 is 18.0 Å². The summed E-state index contributed by atoms with van der Waals surface area (Å²) < 4.78 is 16.5. The molecule has 2 N–H and O–H groups in total. The van der Waals surface area contributed by atoms with E-state index in [9.17, 15) is 14.4 Å². The van der Waals surface area contributed by atoms with Gasteiger partial charge in [0.1, 0.15) is 36.5 Å². The average Bonchev–Trinajstić information content (AvgIpc) is 2.90. The maximum Gasteiger partial charge on any atom is 0.408 e. The lowest BCUT2D eigenvalue weighted by Crippen LogP contribution is -2.48. The quantitative estimate of drug-likeness (QED) is 0.344. The standard InChI is InChI=1S/C29H32N2O6/c1-21(2)17-27(31-29(34)36-19-22-9-5-3-6-10-22)28(33)30-18-23(32)20-35-24-13-15-26(16-14-24)37-25-11-7-4-8-12-25/h3-16,21,27H,17-20H2,1-2H3,(H,30,33)(H,31,34). The van der Waals surface area contributed by atoms with E-state index in [-0.39, 0.29) is 31.5 Å². The van der Waals surface area contributed by atoms with Crippen molar-refractivity contribution in [2.45, 2.75) is 32.9 Å².